The first-order valence-electron chi connectivity index (χ1n) is 8.79. The molecular formula is C21H25FN2O. The van der Waals surface area contributed by atoms with E-state index >= 15 is 0 Å². The minimum absolute atomic E-state index is 0.0877. The van der Waals surface area contributed by atoms with Crippen LogP contribution in [-0.4, -0.2) is 23.6 Å². The first kappa shape index (κ1) is 17.7. The fourth-order valence-corrected chi connectivity index (χ4v) is 4.51. The van der Waals surface area contributed by atoms with Crippen molar-refractivity contribution in [1.29, 1.82) is 5.41 Å². The zero-order valence-corrected chi connectivity index (χ0v) is 14.6. The summed E-state index contributed by atoms with van der Waals surface area (Å²) >= 11 is 0. The highest BCUT2D eigenvalue weighted by atomic mass is 19.1. The van der Waals surface area contributed by atoms with Gasteiger partial charge in [0.15, 0.2) is 0 Å². The lowest BCUT2D eigenvalue weighted by molar-refractivity contribution is 0.107. The van der Waals surface area contributed by atoms with Gasteiger partial charge < -0.3 is 10.5 Å². The van der Waals surface area contributed by atoms with Crippen molar-refractivity contribution in [3.63, 3.8) is 0 Å². The molecular weight excluding hydrogens is 315 g/mol. The average Bonchev–Trinajstić information content (AvgIpc) is 2.87. The van der Waals surface area contributed by atoms with Crippen LogP contribution in [-0.2, 0) is 0 Å². The third-order valence-electron chi connectivity index (χ3n) is 5.90. The number of aliphatic hydroxyl groups excluding tert-OH is 1. The molecule has 4 atom stereocenters. The van der Waals surface area contributed by atoms with Crippen molar-refractivity contribution in [2.24, 2.45) is 28.2 Å². The molecule has 1 fully saturated rings. The maximum absolute atomic E-state index is 13.1. The molecule has 3 rings (SSSR count). The molecule has 0 aliphatic heterocycles. The molecule has 4 heteroatoms. The van der Waals surface area contributed by atoms with Crippen molar-refractivity contribution in [3.05, 3.63) is 54.4 Å². The fraction of sp³-hybridized carbons (Fsp3) is 0.429. The summed E-state index contributed by atoms with van der Waals surface area (Å²) in [4.78, 5) is 4.66. The van der Waals surface area contributed by atoms with Crippen LogP contribution in [0.1, 0.15) is 26.2 Å². The van der Waals surface area contributed by atoms with Crippen LogP contribution in [0.15, 0.2) is 53.6 Å². The second kappa shape index (κ2) is 7.04. The van der Waals surface area contributed by atoms with E-state index in [4.69, 9.17) is 5.41 Å². The van der Waals surface area contributed by atoms with Crippen molar-refractivity contribution < 1.29 is 9.50 Å². The van der Waals surface area contributed by atoms with Crippen LogP contribution in [0.3, 0.4) is 0 Å². The van der Waals surface area contributed by atoms with Gasteiger partial charge in [0, 0.05) is 24.5 Å². The largest absolute Gasteiger partial charge is 0.396 e. The standard InChI is InChI=1S/C21H25FN2O/c1-3-4-14-9-16-10-20(24-18-7-5-17(22)6-8-18)15(12-23)11-21(16,2)19(14)13-25/h3,5-8,10,12,14-15,19,23,25H,1,4,9,11,13H2,2H3. The third-order valence-corrected chi connectivity index (χ3v) is 5.90. The summed E-state index contributed by atoms with van der Waals surface area (Å²) in [6.07, 6.45) is 8.07. The lowest BCUT2D eigenvalue weighted by atomic mass is 9.66. The number of hydrogen-bond acceptors (Lipinski definition) is 3. The second-order valence-corrected chi connectivity index (χ2v) is 7.36. The maximum Gasteiger partial charge on any atom is 0.123 e. The normalized spacial score (nSPS) is 33.0. The second-order valence-electron chi connectivity index (χ2n) is 7.36. The molecule has 132 valence electrons. The SMILES string of the molecule is C=CCC1CC2=CC(=Nc3ccc(F)cc3)C(C=N)CC2(C)C1CO. The number of benzene rings is 1. The Morgan fingerprint density at radius 2 is 2.12 bits per heavy atom. The van der Waals surface area contributed by atoms with Crippen molar-refractivity contribution in [3.8, 4) is 0 Å². The van der Waals surface area contributed by atoms with Crippen LogP contribution >= 0.6 is 0 Å². The summed E-state index contributed by atoms with van der Waals surface area (Å²) < 4.78 is 13.1. The summed E-state index contributed by atoms with van der Waals surface area (Å²) in [6.45, 7) is 6.21. The number of aliphatic imine (C=N–C) groups is 1. The molecule has 3 nitrogen and oxygen atoms in total. The zero-order valence-electron chi connectivity index (χ0n) is 14.6. The highest BCUT2D eigenvalue weighted by Gasteiger charge is 2.50. The molecule has 1 saturated carbocycles. The summed E-state index contributed by atoms with van der Waals surface area (Å²) in [5.74, 6) is 0.202. The van der Waals surface area contributed by atoms with E-state index in [0.29, 0.717) is 11.6 Å². The van der Waals surface area contributed by atoms with E-state index in [1.807, 2.05) is 6.08 Å². The number of allylic oxidation sites excluding steroid dienone is 3. The minimum Gasteiger partial charge on any atom is -0.396 e. The Hall–Kier alpha value is -2.07. The van der Waals surface area contributed by atoms with Crippen LogP contribution < -0.4 is 0 Å². The summed E-state index contributed by atoms with van der Waals surface area (Å²) in [5.41, 5.74) is 2.75. The molecule has 4 unspecified atom stereocenters. The number of nitrogens with zero attached hydrogens (tertiary/aromatic N) is 1. The number of aliphatic hydroxyl groups is 1. The highest BCUT2D eigenvalue weighted by Crippen LogP contribution is 2.56. The Labute approximate surface area is 148 Å². The molecule has 1 aromatic rings. The van der Waals surface area contributed by atoms with E-state index in [-0.39, 0.29) is 29.7 Å². The molecule has 0 amide bonds. The number of halogens is 1. The van der Waals surface area contributed by atoms with Gasteiger partial charge in [0.2, 0.25) is 0 Å². The van der Waals surface area contributed by atoms with Gasteiger partial charge >= 0.3 is 0 Å². The van der Waals surface area contributed by atoms with E-state index in [9.17, 15) is 9.50 Å². The molecule has 1 aromatic carbocycles. The number of rotatable bonds is 5. The Balaban J connectivity index is 1.99. The van der Waals surface area contributed by atoms with Gasteiger partial charge in [-0.25, -0.2) is 4.39 Å². The Morgan fingerprint density at radius 1 is 1.40 bits per heavy atom. The van der Waals surface area contributed by atoms with Crippen LogP contribution in [0.5, 0.6) is 0 Å². The van der Waals surface area contributed by atoms with Gasteiger partial charge in [0.1, 0.15) is 5.82 Å². The van der Waals surface area contributed by atoms with Crippen molar-refractivity contribution >= 4 is 17.6 Å². The molecule has 0 saturated heterocycles. The van der Waals surface area contributed by atoms with Gasteiger partial charge in [-0.3, -0.25) is 4.99 Å². The number of nitrogens with one attached hydrogen (secondary N) is 1. The first-order valence-corrected chi connectivity index (χ1v) is 8.79. The Bertz CT molecular complexity index is 722. The monoisotopic (exact) mass is 340 g/mol. The van der Waals surface area contributed by atoms with Crippen molar-refractivity contribution in [2.45, 2.75) is 26.2 Å². The number of hydrogen-bond donors (Lipinski definition) is 2. The van der Waals surface area contributed by atoms with Crippen LogP contribution in [0, 0.1) is 34.4 Å². The summed E-state index contributed by atoms with van der Waals surface area (Å²) in [7, 11) is 0. The van der Waals surface area contributed by atoms with Crippen molar-refractivity contribution in [1.82, 2.24) is 0 Å². The van der Waals surface area contributed by atoms with Gasteiger partial charge in [0.05, 0.1) is 5.69 Å². The topological polar surface area (TPSA) is 56.4 Å². The van der Waals surface area contributed by atoms with Crippen LogP contribution in [0.2, 0.25) is 0 Å². The molecule has 2 aliphatic rings. The van der Waals surface area contributed by atoms with E-state index in [1.54, 1.807) is 12.1 Å². The van der Waals surface area contributed by atoms with Gasteiger partial charge in [-0.15, -0.1) is 6.58 Å². The van der Waals surface area contributed by atoms with E-state index in [0.717, 1.165) is 25.0 Å². The van der Waals surface area contributed by atoms with E-state index < -0.39 is 0 Å². The Morgan fingerprint density at radius 3 is 2.72 bits per heavy atom. The van der Waals surface area contributed by atoms with Crippen molar-refractivity contribution in [2.75, 3.05) is 6.61 Å². The number of fused-ring (bicyclic) bond motifs is 1. The first-order chi connectivity index (χ1) is 12.0. The predicted molar refractivity (Wildman–Crippen MR) is 100 cm³/mol. The lowest BCUT2D eigenvalue weighted by Gasteiger charge is -2.39. The minimum atomic E-state index is -0.282. The predicted octanol–water partition coefficient (Wildman–Crippen LogP) is 4.70. The van der Waals surface area contributed by atoms with E-state index in [1.165, 1.54) is 23.9 Å². The third kappa shape index (κ3) is 3.23. The van der Waals surface area contributed by atoms with Gasteiger partial charge in [-0.2, -0.15) is 0 Å². The molecule has 25 heavy (non-hydrogen) atoms. The molecule has 2 N–H and O–H groups in total. The molecule has 0 heterocycles. The average molecular weight is 340 g/mol. The molecule has 0 spiro atoms. The molecule has 0 bridgehead atoms. The van der Waals surface area contributed by atoms with Crippen LogP contribution in [0.4, 0.5) is 10.1 Å². The lowest BCUT2D eigenvalue weighted by Crippen LogP contribution is -2.36. The summed E-state index contributed by atoms with van der Waals surface area (Å²) in [6, 6.07) is 6.11. The smallest absolute Gasteiger partial charge is 0.123 e. The summed E-state index contributed by atoms with van der Waals surface area (Å²) in [5, 5.41) is 17.8. The van der Waals surface area contributed by atoms with E-state index in [2.05, 4.69) is 24.6 Å². The quantitative estimate of drug-likeness (QED) is 0.592. The maximum atomic E-state index is 13.1. The molecule has 0 radical (unpaired) electrons. The molecule has 2 aliphatic carbocycles. The van der Waals surface area contributed by atoms with Crippen LogP contribution in [0.25, 0.3) is 0 Å². The zero-order chi connectivity index (χ0) is 18.0. The van der Waals surface area contributed by atoms with Gasteiger partial charge in [-0.05, 0) is 66.9 Å². The molecule has 0 aromatic heterocycles. The highest BCUT2D eigenvalue weighted by molar-refractivity contribution is 6.08. The van der Waals surface area contributed by atoms with Gasteiger partial charge in [-0.1, -0.05) is 18.6 Å². The van der Waals surface area contributed by atoms with Gasteiger partial charge in [0.25, 0.3) is 0 Å². The Kier molecular flexibility index (Phi) is 5.00. The fourth-order valence-electron chi connectivity index (χ4n) is 4.51.